The van der Waals surface area contributed by atoms with Crippen molar-refractivity contribution in [2.45, 2.75) is 52.5 Å². The average Bonchev–Trinajstić information content (AvgIpc) is 2.83. The van der Waals surface area contributed by atoms with Crippen molar-refractivity contribution in [2.24, 2.45) is 5.73 Å². The first-order valence-electron chi connectivity index (χ1n) is 12.5. The van der Waals surface area contributed by atoms with E-state index in [0.717, 1.165) is 49.5 Å². The van der Waals surface area contributed by atoms with Crippen molar-refractivity contribution >= 4 is 23.5 Å². The number of nitrogens with two attached hydrogens (primary N) is 1. The number of carbonyl (C=O) groups excluding carboxylic acids is 2. The SMILES string of the molecule is CCCCC(=O)N1CCN(Cc2ccc(N(C(=N)c3cc(C(C)C)c(O)cc3O)C(N)=O)cc2)CC1. The van der Waals surface area contributed by atoms with E-state index in [-0.39, 0.29) is 34.7 Å². The highest BCUT2D eigenvalue weighted by molar-refractivity contribution is 6.22. The Labute approximate surface area is 212 Å². The molecule has 2 aromatic carbocycles. The number of unbranched alkanes of at least 4 members (excludes halogenated alkanes) is 1. The van der Waals surface area contributed by atoms with Crippen LogP contribution in [0.25, 0.3) is 0 Å². The fourth-order valence-electron chi connectivity index (χ4n) is 4.38. The maximum absolute atomic E-state index is 12.3. The number of nitrogens with one attached hydrogen (secondary N) is 1. The Hall–Kier alpha value is -3.59. The molecule has 0 unspecified atom stereocenters. The van der Waals surface area contributed by atoms with Gasteiger partial charge in [-0.15, -0.1) is 0 Å². The van der Waals surface area contributed by atoms with Gasteiger partial charge in [0.05, 0.1) is 11.3 Å². The first kappa shape index (κ1) is 27.0. The van der Waals surface area contributed by atoms with Gasteiger partial charge in [-0.2, -0.15) is 0 Å². The summed E-state index contributed by atoms with van der Waals surface area (Å²) in [5, 5.41) is 29.1. The maximum atomic E-state index is 12.3. The van der Waals surface area contributed by atoms with E-state index in [1.807, 2.05) is 30.9 Å². The molecule has 0 atom stereocenters. The van der Waals surface area contributed by atoms with E-state index in [9.17, 15) is 19.8 Å². The second-order valence-corrected chi connectivity index (χ2v) is 9.53. The van der Waals surface area contributed by atoms with E-state index in [1.165, 1.54) is 12.1 Å². The predicted octanol–water partition coefficient (Wildman–Crippen LogP) is 3.97. The van der Waals surface area contributed by atoms with Crippen LogP contribution < -0.4 is 10.6 Å². The van der Waals surface area contributed by atoms with Gasteiger partial charge in [-0.3, -0.25) is 15.1 Å². The van der Waals surface area contributed by atoms with E-state index in [1.54, 1.807) is 12.1 Å². The van der Waals surface area contributed by atoms with E-state index in [4.69, 9.17) is 11.1 Å². The Morgan fingerprint density at radius 1 is 1.06 bits per heavy atom. The minimum absolute atomic E-state index is 0.0465. The van der Waals surface area contributed by atoms with Crippen molar-refractivity contribution in [1.82, 2.24) is 9.80 Å². The number of aromatic hydroxyl groups is 2. The van der Waals surface area contributed by atoms with Crippen LogP contribution in [0.2, 0.25) is 0 Å². The standard InChI is InChI=1S/C27H37N5O4/c1-4-5-6-25(35)31-13-11-30(12-14-31)17-19-7-9-20(10-8-19)32(27(29)36)26(28)22-15-21(18(2)3)23(33)16-24(22)34/h7-10,15-16,18,28,33-34H,4-6,11-14,17H2,1-3H3,(H2,29,36). The van der Waals surface area contributed by atoms with Crippen LogP contribution in [-0.4, -0.2) is 64.0 Å². The van der Waals surface area contributed by atoms with E-state index >= 15 is 0 Å². The first-order valence-corrected chi connectivity index (χ1v) is 12.5. The van der Waals surface area contributed by atoms with Crippen LogP contribution in [-0.2, 0) is 11.3 Å². The predicted molar refractivity (Wildman–Crippen MR) is 141 cm³/mol. The number of piperazine rings is 1. The summed E-state index contributed by atoms with van der Waals surface area (Å²) in [5.41, 5.74) is 7.71. The number of primary amides is 1. The van der Waals surface area contributed by atoms with Crippen LogP contribution >= 0.6 is 0 Å². The number of nitrogens with zero attached hydrogens (tertiary/aromatic N) is 3. The summed E-state index contributed by atoms with van der Waals surface area (Å²) in [6, 6.07) is 9.05. The fourth-order valence-corrected chi connectivity index (χ4v) is 4.38. The minimum atomic E-state index is -0.852. The molecule has 0 aliphatic carbocycles. The third kappa shape index (κ3) is 6.34. The highest BCUT2D eigenvalue weighted by Crippen LogP contribution is 2.33. The number of urea groups is 1. The number of carbonyl (C=O) groups is 2. The molecule has 9 nitrogen and oxygen atoms in total. The molecule has 0 radical (unpaired) electrons. The summed E-state index contributed by atoms with van der Waals surface area (Å²) in [6.07, 6.45) is 2.56. The highest BCUT2D eigenvalue weighted by atomic mass is 16.3. The quantitative estimate of drug-likeness (QED) is 0.325. The van der Waals surface area contributed by atoms with Gasteiger partial charge in [0.2, 0.25) is 5.91 Å². The number of anilines is 1. The van der Waals surface area contributed by atoms with E-state index in [2.05, 4.69) is 11.8 Å². The molecule has 3 amide bonds. The zero-order chi connectivity index (χ0) is 26.4. The molecule has 9 heteroatoms. The Balaban J connectivity index is 1.69. The lowest BCUT2D eigenvalue weighted by molar-refractivity contribution is -0.133. The van der Waals surface area contributed by atoms with Gasteiger partial charge in [0.1, 0.15) is 17.3 Å². The Morgan fingerprint density at radius 3 is 2.25 bits per heavy atom. The zero-order valence-electron chi connectivity index (χ0n) is 21.3. The number of hydrogen-bond acceptors (Lipinski definition) is 6. The summed E-state index contributed by atoms with van der Waals surface area (Å²) >= 11 is 0. The minimum Gasteiger partial charge on any atom is -0.508 e. The molecular weight excluding hydrogens is 458 g/mol. The molecule has 1 aliphatic heterocycles. The van der Waals surface area contributed by atoms with Crippen LogP contribution in [0.4, 0.5) is 10.5 Å². The van der Waals surface area contributed by atoms with Crippen LogP contribution in [0.5, 0.6) is 11.5 Å². The van der Waals surface area contributed by atoms with Crippen molar-refractivity contribution in [2.75, 3.05) is 31.1 Å². The van der Waals surface area contributed by atoms with Gasteiger partial charge in [-0.1, -0.05) is 39.3 Å². The summed E-state index contributed by atoms with van der Waals surface area (Å²) in [5.74, 6) is -0.472. The van der Waals surface area contributed by atoms with Gasteiger partial charge in [-0.25, -0.2) is 9.69 Å². The van der Waals surface area contributed by atoms with Crippen LogP contribution in [0.3, 0.4) is 0 Å². The average molecular weight is 496 g/mol. The third-order valence-corrected chi connectivity index (χ3v) is 6.54. The van der Waals surface area contributed by atoms with Crippen molar-refractivity contribution in [3.63, 3.8) is 0 Å². The van der Waals surface area contributed by atoms with Crippen molar-refractivity contribution < 1.29 is 19.8 Å². The molecule has 1 aliphatic rings. The first-order chi connectivity index (χ1) is 17.1. The summed E-state index contributed by atoms with van der Waals surface area (Å²) < 4.78 is 0. The normalized spacial score (nSPS) is 14.2. The molecule has 0 saturated carbocycles. The smallest absolute Gasteiger partial charge is 0.325 e. The summed E-state index contributed by atoms with van der Waals surface area (Å²) in [4.78, 5) is 29.8. The maximum Gasteiger partial charge on any atom is 0.325 e. The van der Waals surface area contributed by atoms with Gasteiger partial charge in [0, 0.05) is 45.2 Å². The highest BCUT2D eigenvalue weighted by Gasteiger charge is 2.24. The Bertz CT molecular complexity index is 1090. The summed E-state index contributed by atoms with van der Waals surface area (Å²) in [6.45, 7) is 9.61. The molecule has 0 aromatic heterocycles. The van der Waals surface area contributed by atoms with E-state index < -0.39 is 6.03 Å². The molecule has 1 saturated heterocycles. The number of amides is 3. The number of benzene rings is 2. The zero-order valence-corrected chi connectivity index (χ0v) is 21.3. The second-order valence-electron chi connectivity index (χ2n) is 9.53. The van der Waals surface area contributed by atoms with Crippen LogP contribution in [0.15, 0.2) is 36.4 Å². The molecule has 2 aromatic rings. The van der Waals surface area contributed by atoms with Gasteiger partial charge < -0.3 is 20.8 Å². The molecule has 1 heterocycles. The lowest BCUT2D eigenvalue weighted by Gasteiger charge is -2.35. The van der Waals surface area contributed by atoms with E-state index in [0.29, 0.717) is 24.2 Å². The molecule has 5 N–H and O–H groups in total. The van der Waals surface area contributed by atoms with Gasteiger partial charge >= 0.3 is 6.03 Å². The number of phenols is 2. The number of phenolic OH excluding ortho intramolecular Hbond substituents is 2. The Morgan fingerprint density at radius 2 is 1.69 bits per heavy atom. The Kier molecular flexibility index (Phi) is 8.93. The topological polar surface area (TPSA) is 134 Å². The lowest BCUT2D eigenvalue weighted by atomic mass is 9.98. The fraction of sp³-hybridized carbons (Fsp3) is 0.444. The van der Waals surface area contributed by atoms with Crippen LogP contribution in [0.1, 0.15) is 62.6 Å². The monoisotopic (exact) mass is 495 g/mol. The molecule has 0 spiro atoms. The second kappa shape index (κ2) is 11.9. The molecule has 194 valence electrons. The van der Waals surface area contributed by atoms with Gasteiger partial charge in [-0.05, 0) is 41.7 Å². The van der Waals surface area contributed by atoms with Crippen LogP contribution in [0, 0.1) is 5.41 Å². The summed E-state index contributed by atoms with van der Waals surface area (Å²) in [7, 11) is 0. The molecular formula is C27H37N5O4. The van der Waals surface area contributed by atoms with Crippen molar-refractivity contribution in [1.29, 1.82) is 5.41 Å². The molecule has 0 bridgehead atoms. The molecule has 3 rings (SSSR count). The number of rotatable bonds is 8. The molecule has 1 fully saturated rings. The van der Waals surface area contributed by atoms with Crippen molar-refractivity contribution in [3.05, 3.63) is 53.1 Å². The lowest BCUT2D eigenvalue weighted by Crippen LogP contribution is -2.48. The van der Waals surface area contributed by atoms with Crippen molar-refractivity contribution in [3.8, 4) is 11.5 Å². The largest absolute Gasteiger partial charge is 0.508 e. The molecule has 36 heavy (non-hydrogen) atoms. The van der Waals surface area contributed by atoms with Gasteiger partial charge in [0.15, 0.2) is 0 Å². The number of hydrogen-bond donors (Lipinski definition) is 4. The van der Waals surface area contributed by atoms with Gasteiger partial charge in [0.25, 0.3) is 0 Å². The number of amidine groups is 1. The third-order valence-electron chi connectivity index (χ3n) is 6.54.